The lowest BCUT2D eigenvalue weighted by molar-refractivity contribution is -0.170. The minimum absolute atomic E-state index is 0.00624. The van der Waals surface area contributed by atoms with Gasteiger partial charge in [0.1, 0.15) is 5.78 Å². The van der Waals surface area contributed by atoms with E-state index in [9.17, 15) is 19.6 Å². The van der Waals surface area contributed by atoms with Crippen molar-refractivity contribution in [3.05, 3.63) is 35.9 Å². The Bertz CT molecular complexity index is 694. The third-order valence-electron chi connectivity index (χ3n) is 4.53. The summed E-state index contributed by atoms with van der Waals surface area (Å²) < 4.78 is 10.2. The molecule has 0 saturated heterocycles. The number of benzene rings is 1. The highest BCUT2D eigenvalue weighted by atomic mass is 16.5. The number of ketones is 1. The Labute approximate surface area is 146 Å². The molecule has 0 unspecified atom stereocenters. The van der Waals surface area contributed by atoms with Crippen molar-refractivity contribution < 1.29 is 23.9 Å². The van der Waals surface area contributed by atoms with Crippen LogP contribution in [-0.2, 0) is 23.9 Å². The molecule has 0 heterocycles. The number of nitrogens with zero attached hydrogens (tertiary/aromatic N) is 1. The third kappa shape index (κ3) is 3.41. The fourth-order valence-corrected chi connectivity index (χ4v) is 3.42. The van der Waals surface area contributed by atoms with Crippen LogP contribution in [0.4, 0.5) is 0 Å². The quantitative estimate of drug-likeness (QED) is 0.762. The number of carbonyl (C=O) groups is 3. The number of hydrogen-bond donors (Lipinski definition) is 0. The minimum atomic E-state index is -1.78. The molecule has 0 spiro atoms. The van der Waals surface area contributed by atoms with Gasteiger partial charge in [-0.3, -0.25) is 14.4 Å². The number of nitriles is 1. The first kappa shape index (κ1) is 18.7. The van der Waals surface area contributed by atoms with Gasteiger partial charge < -0.3 is 9.47 Å². The average Bonchev–Trinajstić information content (AvgIpc) is 2.62. The largest absolute Gasteiger partial charge is 0.466 e. The van der Waals surface area contributed by atoms with Crippen LogP contribution in [-0.4, -0.2) is 30.9 Å². The van der Waals surface area contributed by atoms with Crippen molar-refractivity contribution in [2.75, 3.05) is 13.2 Å². The summed E-state index contributed by atoms with van der Waals surface area (Å²) in [6.07, 6.45) is -0.194. The van der Waals surface area contributed by atoms with Gasteiger partial charge in [-0.2, -0.15) is 5.26 Å². The monoisotopic (exact) mass is 343 g/mol. The molecule has 0 aliphatic heterocycles. The third-order valence-corrected chi connectivity index (χ3v) is 4.53. The molecule has 0 bridgehead atoms. The van der Waals surface area contributed by atoms with Crippen molar-refractivity contribution in [1.82, 2.24) is 0 Å². The lowest BCUT2D eigenvalue weighted by atomic mass is 9.58. The molecule has 6 heteroatoms. The topological polar surface area (TPSA) is 93.5 Å². The highest BCUT2D eigenvalue weighted by Gasteiger charge is 2.60. The standard InChI is InChI=1S/C19H21NO5/c1-3-24-17(22)16-11-14(21)10-15(13-8-6-5-7-9-13)19(16,12-20)18(23)25-4-2/h5-9,15-16H,3-4,10-11H2,1-2H3/t15-,16-,19-/m0/s1. The first-order valence-electron chi connectivity index (χ1n) is 8.32. The Morgan fingerprint density at radius 3 is 2.36 bits per heavy atom. The van der Waals surface area contributed by atoms with Gasteiger partial charge in [0.25, 0.3) is 0 Å². The van der Waals surface area contributed by atoms with Crippen LogP contribution in [0.2, 0.25) is 0 Å². The Morgan fingerprint density at radius 1 is 1.16 bits per heavy atom. The maximum atomic E-state index is 12.8. The van der Waals surface area contributed by atoms with Gasteiger partial charge in [-0.1, -0.05) is 30.3 Å². The summed E-state index contributed by atoms with van der Waals surface area (Å²) in [5.41, 5.74) is -1.13. The summed E-state index contributed by atoms with van der Waals surface area (Å²) >= 11 is 0. The maximum absolute atomic E-state index is 12.8. The van der Waals surface area contributed by atoms with Crippen molar-refractivity contribution in [2.24, 2.45) is 11.3 Å². The SMILES string of the molecule is CCOC(=O)[C@@H]1CC(=O)C[C@@H](c2ccccc2)[C@]1(C#N)C(=O)OCC. The molecule has 3 atom stereocenters. The molecular weight excluding hydrogens is 322 g/mol. The molecule has 2 rings (SSSR count). The van der Waals surface area contributed by atoms with Gasteiger partial charge in [0.05, 0.1) is 25.2 Å². The molecule has 0 amide bonds. The predicted molar refractivity (Wildman–Crippen MR) is 88.2 cm³/mol. The minimum Gasteiger partial charge on any atom is -0.466 e. The first-order valence-corrected chi connectivity index (χ1v) is 8.32. The molecule has 1 aliphatic rings. The molecule has 25 heavy (non-hydrogen) atoms. The fraction of sp³-hybridized carbons (Fsp3) is 0.474. The molecule has 0 N–H and O–H groups in total. The summed E-state index contributed by atoms with van der Waals surface area (Å²) in [4.78, 5) is 37.5. The summed E-state index contributed by atoms with van der Waals surface area (Å²) in [7, 11) is 0. The van der Waals surface area contributed by atoms with E-state index in [1.54, 1.807) is 44.2 Å². The highest BCUT2D eigenvalue weighted by molar-refractivity contribution is 5.96. The van der Waals surface area contributed by atoms with Crippen LogP contribution >= 0.6 is 0 Å². The van der Waals surface area contributed by atoms with Crippen LogP contribution in [0.3, 0.4) is 0 Å². The summed E-state index contributed by atoms with van der Waals surface area (Å²) in [6, 6.07) is 10.9. The number of esters is 2. The van der Waals surface area contributed by atoms with E-state index in [0.29, 0.717) is 5.56 Å². The second-order valence-corrected chi connectivity index (χ2v) is 5.92. The van der Waals surface area contributed by atoms with Crippen molar-refractivity contribution in [3.63, 3.8) is 0 Å². The number of ether oxygens (including phenoxy) is 2. The zero-order valence-electron chi connectivity index (χ0n) is 14.4. The second-order valence-electron chi connectivity index (χ2n) is 5.92. The molecule has 6 nitrogen and oxygen atoms in total. The molecule has 132 valence electrons. The van der Waals surface area contributed by atoms with Crippen molar-refractivity contribution >= 4 is 17.7 Å². The Morgan fingerprint density at radius 2 is 1.80 bits per heavy atom. The van der Waals surface area contributed by atoms with Crippen LogP contribution in [0.25, 0.3) is 0 Å². The molecule has 0 radical (unpaired) electrons. The van der Waals surface area contributed by atoms with Gasteiger partial charge in [0.15, 0.2) is 5.41 Å². The summed E-state index contributed by atoms with van der Waals surface area (Å²) in [5.74, 6) is -3.61. The molecule has 1 fully saturated rings. The van der Waals surface area contributed by atoms with E-state index >= 15 is 0 Å². The average molecular weight is 343 g/mol. The van der Waals surface area contributed by atoms with E-state index in [0.717, 1.165) is 0 Å². The normalized spacial score (nSPS) is 25.7. The van der Waals surface area contributed by atoms with Gasteiger partial charge in [-0.15, -0.1) is 0 Å². The zero-order chi connectivity index (χ0) is 18.4. The number of carbonyl (C=O) groups excluding carboxylic acids is 3. The van der Waals surface area contributed by atoms with E-state index < -0.39 is 29.2 Å². The first-order chi connectivity index (χ1) is 12.0. The van der Waals surface area contributed by atoms with Gasteiger partial charge in [-0.05, 0) is 19.4 Å². The number of Topliss-reactive ketones (excluding diaryl/α,β-unsaturated/α-hetero) is 1. The van der Waals surface area contributed by atoms with E-state index in [1.165, 1.54) is 0 Å². The summed E-state index contributed by atoms with van der Waals surface area (Å²) in [6.45, 7) is 3.45. The van der Waals surface area contributed by atoms with E-state index in [1.807, 2.05) is 6.07 Å². The molecule has 1 aliphatic carbocycles. The van der Waals surface area contributed by atoms with Crippen molar-refractivity contribution in [3.8, 4) is 6.07 Å². The second kappa shape index (κ2) is 7.93. The lowest BCUT2D eigenvalue weighted by Crippen LogP contribution is -2.51. The van der Waals surface area contributed by atoms with E-state index in [-0.39, 0.29) is 31.8 Å². The van der Waals surface area contributed by atoms with Gasteiger partial charge in [-0.25, -0.2) is 0 Å². The van der Waals surface area contributed by atoms with E-state index in [4.69, 9.17) is 9.47 Å². The highest BCUT2D eigenvalue weighted by Crippen LogP contribution is 2.50. The van der Waals surface area contributed by atoms with Gasteiger partial charge >= 0.3 is 11.9 Å². The maximum Gasteiger partial charge on any atom is 0.328 e. The van der Waals surface area contributed by atoms with Crippen LogP contribution in [0.1, 0.15) is 38.2 Å². The smallest absolute Gasteiger partial charge is 0.328 e. The fourth-order valence-electron chi connectivity index (χ4n) is 3.42. The number of hydrogen-bond acceptors (Lipinski definition) is 6. The summed E-state index contributed by atoms with van der Waals surface area (Å²) in [5, 5.41) is 9.97. The molecule has 1 saturated carbocycles. The lowest BCUT2D eigenvalue weighted by Gasteiger charge is -2.41. The predicted octanol–water partition coefficient (Wildman–Crippen LogP) is 2.39. The molecule has 1 aromatic rings. The molecule has 1 aromatic carbocycles. The zero-order valence-corrected chi connectivity index (χ0v) is 14.4. The molecular formula is C19H21NO5. The van der Waals surface area contributed by atoms with Crippen LogP contribution in [0, 0.1) is 22.7 Å². The van der Waals surface area contributed by atoms with Crippen molar-refractivity contribution in [2.45, 2.75) is 32.6 Å². The van der Waals surface area contributed by atoms with Crippen LogP contribution in [0.15, 0.2) is 30.3 Å². The van der Waals surface area contributed by atoms with E-state index in [2.05, 4.69) is 0 Å². The van der Waals surface area contributed by atoms with Gasteiger partial charge in [0, 0.05) is 18.8 Å². The van der Waals surface area contributed by atoms with Crippen molar-refractivity contribution in [1.29, 1.82) is 5.26 Å². The Kier molecular flexibility index (Phi) is 5.92. The number of rotatable bonds is 5. The molecule has 0 aromatic heterocycles. The van der Waals surface area contributed by atoms with Crippen LogP contribution in [0.5, 0.6) is 0 Å². The van der Waals surface area contributed by atoms with Crippen LogP contribution < -0.4 is 0 Å². The Hall–Kier alpha value is -2.68. The Balaban J connectivity index is 2.61. The van der Waals surface area contributed by atoms with Gasteiger partial charge in [0.2, 0.25) is 0 Å².